The Balaban J connectivity index is 2.41. The van der Waals surface area contributed by atoms with E-state index in [0.717, 1.165) is 22.8 Å². The van der Waals surface area contributed by atoms with Crippen LogP contribution < -0.4 is 4.74 Å². The Morgan fingerprint density at radius 2 is 1.57 bits per heavy atom. The first-order valence-electron chi connectivity index (χ1n) is 9.37. The first kappa shape index (κ1) is 21.4. The summed E-state index contributed by atoms with van der Waals surface area (Å²) in [5.41, 5.74) is 3.17. The molecule has 0 spiro atoms. The first-order chi connectivity index (χ1) is 13.3. The van der Waals surface area contributed by atoms with Gasteiger partial charge >= 0.3 is 5.97 Å². The number of nitrogens with zero attached hydrogens (tertiary/aromatic N) is 1. The fourth-order valence-corrected chi connectivity index (χ4v) is 3.47. The minimum absolute atomic E-state index is 0.139. The quantitative estimate of drug-likeness (QED) is 0.477. The van der Waals surface area contributed by atoms with Gasteiger partial charge in [0.15, 0.2) is 11.6 Å². The number of Topliss-reactive ketones (excluding diaryl/α,β-unsaturated/α-hetero) is 2. The van der Waals surface area contributed by atoms with E-state index in [9.17, 15) is 14.4 Å². The average Bonchev–Trinajstić information content (AvgIpc) is 2.93. The van der Waals surface area contributed by atoms with Crippen molar-refractivity contribution < 1.29 is 23.9 Å². The summed E-state index contributed by atoms with van der Waals surface area (Å²) in [6.07, 6.45) is 0.744. The van der Waals surface area contributed by atoms with Gasteiger partial charge < -0.3 is 14.0 Å². The highest BCUT2D eigenvalue weighted by atomic mass is 16.5. The summed E-state index contributed by atoms with van der Waals surface area (Å²) in [6.45, 7) is 7.65. The molecule has 0 unspecified atom stereocenters. The van der Waals surface area contributed by atoms with Crippen molar-refractivity contribution in [1.29, 1.82) is 0 Å². The largest absolute Gasteiger partial charge is 0.494 e. The Hall–Kier alpha value is -2.89. The van der Waals surface area contributed by atoms with Gasteiger partial charge in [0.05, 0.1) is 13.7 Å². The Kier molecular flexibility index (Phi) is 7.15. The van der Waals surface area contributed by atoms with Gasteiger partial charge in [0, 0.05) is 41.0 Å². The van der Waals surface area contributed by atoms with E-state index in [1.54, 1.807) is 0 Å². The van der Waals surface area contributed by atoms with Crippen LogP contribution in [0.1, 0.15) is 65.2 Å². The Morgan fingerprint density at radius 1 is 0.964 bits per heavy atom. The van der Waals surface area contributed by atoms with Gasteiger partial charge in [0.25, 0.3) is 0 Å². The predicted molar refractivity (Wildman–Crippen MR) is 107 cm³/mol. The summed E-state index contributed by atoms with van der Waals surface area (Å²) in [6, 6.07) is 7.53. The molecule has 150 valence electrons. The molecule has 1 aromatic heterocycles. The van der Waals surface area contributed by atoms with Crippen molar-refractivity contribution in [1.82, 2.24) is 4.57 Å². The number of hydrogen-bond donors (Lipinski definition) is 0. The molecule has 0 aliphatic rings. The van der Waals surface area contributed by atoms with Gasteiger partial charge in [0.1, 0.15) is 5.75 Å². The second kappa shape index (κ2) is 9.35. The molecule has 0 aliphatic carbocycles. The Labute approximate surface area is 165 Å². The fraction of sp³-hybridized carbons (Fsp3) is 0.409. The zero-order chi connectivity index (χ0) is 20.8. The van der Waals surface area contributed by atoms with Crippen LogP contribution in [0.15, 0.2) is 24.3 Å². The molecule has 0 radical (unpaired) electrons. The van der Waals surface area contributed by atoms with E-state index in [-0.39, 0.29) is 30.4 Å². The number of carbonyl (C=O) groups excluding carboxylic acids is 3. The summed E-state index contributed by atoms with van der Waals surface area (Å²) in [4.78, 5) is 36.4. The number of esters is 1. The number of ketones is 2. The Morgan fingerprint density at radius 3 is 2.11 bits per heavy atom. The average molecular weight is 385 g/mol. The molecule has 0 saturated carbocycles. The number of carbonyl (C=O) groups is 3. The van der Waals surface area contributed by atoms with Crippen LogP contribution in [0.5, 0.6) is 5.75 Å². The van der Waals surface area contributed by atoms with Crippen LogP contribution in [0.4, 0.5) is 0 Å². The van der Waals surface area contributed by atoms with Crippen LogP contribution >= 0.6 is 0 Å². The summed E-state index contributed by atoms with van der Waals surface area (Å²) in [7, 11) is 1.32. The van der Waals surface area contributed by atoms with Gasteiger partial charge in [-0.25, -0.2) is 0 Å². The lowest BCUT2D eigenvalue weighted by atomic mass is 9.98. The summed E-state index contributed by atoms with van der Waals surface area (Å²) < 4.78 is 12.0. The van der Waals surface area contributed by atoms with E-state index in [0.29, 0.717) is 24.2 Å². The molecule has 2 rings (SSSR count). The van der Waals surface area contributed by atoms with E-state index in [2.05, 4.69) is 4.74 Å². The van der Waals surface area contributed by atoms with E-state index in [1.165, 1.54) is 14.0 Å². The van der Waals surface area contributed by atoms with Crippen LogP contribution in [0, 0.1) is 13.8 Å². The number of ether oxygens (including phenoxy) is 2. The minimum atomic E-state index is -0.348. The maximum Gasteiger partial charge on any atom is 0.305 e. The van der Waals surface area contributed by atoms with Crippen molar-refractivity contribution >= 4 is 17.5 Å². The molecule has 0 aliphatic heterocycles. The van der Waals surface area contributed by atoms with E-state index < -0.39 is 0 Å². The molecular weight excluding hydrogens is 358 g/mol. The second-order valence-corrected chi connectivity index (χ2v) is 6.59. The SMILES string of the molecule is CCOc1ccc(-n2c(C)c(C(C)=O)c(C(=O)CCCC(=O)OC)c2C)cc1. The lowest BCUT2D eigenvalue weighted by Crippen LogP contribution is -2.08. The maximum absolute atomic E-state index is 12.9. The molecule has 0 saturated heterocycles. The van der Waals surface area contributed by atoms with Crippen LogP contribution in [-0.2, 0) is 9.53 Å². The summed E-state index contributed by atoms with van der Waals surface area (Å²) >= 11 is 0. The van der Waals surface area contributed by atoms with Gasteiger partial charge in [-0.2, -0.15) is 0 Å². The molecule has 0 bridgehead atoms. The normalized spacial score (nSPS) is 10.6. The van der Waals surface area contributed by atoms with Gasteiger partial charge in [-0.15, -0.1) is 0 Å². The number of benzene rings is 1. The molecule has 0 amide bonds. The number of aromatic nitrogens is 1. The first-order valence-corrected chi connectivity index (χ1v) is 9.37. The van der Waals surface area contributed by atoms with Crippen molar-refractivity contribution in [2.75, 3.05) is 13.7 Å². The topological polar surface area (TPSA) is 74.6 Å². The predicted octanol–water partition coefficient (Wildman–Crippen LogP) is 4.22. The highest BCUT2D eigenvalue weighted by Gasteiger charge is 2.26. The van der Waals surface area contributed by atoms with E-state index >= 15 is 0 Å². The number of rotatable bonds is 9. The minimum Gasteiger partial charge on any atom is -0.494 e. The molecule has 1 heterocycles. The van der Waals surface area contributed by atoms with Crippen molar-refractivity contribution in [3.8, 4) is 11.4 Å². The standard InChI is InChI=1S/C22H27NO5/c1-6-28-18-12-10-17(11-13-18)23-14(2)21(16(4)24)22(15(23)3)19(25)8-7-9-20(26)27-5/h10-13H,6-9H2,1-5H3. The molecule has 28 heavy (non-hydrogen) atoms. The third kappa shape index (κ3) is 4.50. The van der Waals surface area contributed by atoms with Crippen molar-refractivity contribution in [3.05, 3.63) is 46.8 Å². The third-order valence-electron chi connectivity index (χ3n) is 4.69. The van der Waals surface area contributed by atoms with Crippen LogP contribution in [0.2, 0.25) is 0 Å². The highest BCUT2D eigenvalue weighted by molar-refractivity contribution is 6.10. The molecule has 0 fully saturated rings. The highest BCUT2D eigenvalue weighted by Crippen LogP contribution is 2.29. The fourth-order valence-electron chi connectivity index (χ4n) is 3.47. The molecule has 6 heteroatoms. The Bertz CT molecular complexity index is 877. The van der Waals surface area contributed by atoms with Crippen molar-refractivity contribution in [2.45, 2.75) is 47.0 Å². The van der Waals surface area contributed by atoms with Gasteiger partial charge in [-0.1, -0.05) is 0 Å². The lowest BCUT2D eigenvalue weighted by Gasteiger charge is -2.11. The van der Waals surface area contributed by atoms with Crippen LogP contribution in [0.3, 0.4) is 0 Å². The summed E-state index contributed by atoms with van der Waals surface area (Å²) in [5, 5.41) is 0. The van der Waals surface area contributed by atoms with E-state index in [4.69, 9.17) is 4.74 Å². The van der Waals surface area contributed by atoms with Gasteiger partial charge in [-0.05, 0) is 58.4 Å². The molecule has 0 N–H and O–H groups in total. The zero-order valence-electron chi connectivity index (χ0n) is 17.1. The molecule has 0 atom stereocenters. The smallest absolute Gasteiger partial charge is 0.305 e. The molecule has 2 aromatic rings. The molecular formula is C22H27NO5. The van der Waals surface area contributed by atoms with Gasteiger partial charge in [-0.3, -0.25) is 14.4 Å². The van der Waals surface area contributed by atoms with E-state index in [1.807, 2.05) is 49.6 Å². The number of hydrogen-bond acceptors (Lipinski definition) is 5. The van der Waals surface area contributed by atoms with Crippen molar-refractivity contribution in [3.63, 3.8) is 0 Å². The van der Waals surface area contributed by atoms with Crippen LogP contribution in [-0.4, -0.2) is 35.8 Å². The lowest BCUT2D eigenvalue weighted by molar-refractivity contribution is -0.140. The monoisotopic (exact) mass is 385 g/mol. The summed E-state index contributed by atoms with van der Waals surface area (Å²) in [5.74, 6) is 0.125. The molecule has 1 aromatic carbocycles. The second-order valence-electron chi connectivity index (χ2n) is 6.59. The van der Waals surface area contributed by atoms with Crippen molar-refractivity contribution in [2.24, 2.45) is 0 Å². The molecule has 6 nitrogen and oxygen atoms in total. The zero-order valence-corrected chi connectivity index (χ0v) is 17.1. The maximum atomic E-state index is 12.9. The third-order valence-corrected chi connectivity index (χ3v) is 4.69. The van der Waals surface area contributed by atoms with Crippen LogP contribution in [0.25, 0.3) is 5.69 Å². The van der Waals surface area contributed by atoms with Gasteiger partial charge in [0.2, 0.25) is 0 Å². The number of methoxy groups -OCH3 is 1.